The fourth-order valence-corrected chi connectivity index (χ4v) is 0.331. The Bertz CT molecular complexity index is 171. The summed E-state index contributed by atoms with van der Waals surface area (Å²) >= 11 is 0. The first-order chi connectivity index (χ1) is 6.45. The van der Waals surface area contributed by atoms with Gasteiger partial charge in [-0.05, 0) is 6.42 Å². The number of rotatable bonds is 5. The van der Waals surface area contributed by atoms with Crippen LogP contribution >= 0.6 is 0 Å². The fraction of sp³-hybridized carbons (Fsp3) is 0.750. The van der Waals surface area contributed by atoms with Crippen molar-refractivity contribution in [3.05, 3.63) is 0 Å². The van der Waals surface area contributed by atoms with E-state index in [1.165, 1.54) is 0 Å². The normalized spacial score (nSPS) is 11.1. The van der Waals surface area contributed by atoms with Crippen LogP contribution in [0.4, 0.5) is 0 Å². The molecule has 0 aliphatic carbocycles. The van der Waals surface area contributed by atoms with Crippen LogP contribution in [-0.4, -0.2) is 40.4 Å². The SMILES string of the molecule is CC(CN)C(=O)O.O=C(O)CCCO. The molecule has 0 saturated heterocycles. The average molecular weight is 207 g/mol. The zero-order valence-electron chi connectivity index (χ0n) is 8.14. The van der Waals surface area contributed by atoms with Crippen LogP contribution in [-0.2, 0) is 9.59 Å². The number of carboxylic acid groups (broad SMARTS) is 2. The van der Waals surface area contributed by atoms with Gasteiger partial charge in [-0.15, -0.1) is 0 Å². The van der Waals surface area contributed by atoms with E-state index >= 15 is 0 Å². The zero-order valence-corrected chi connectivity index (χ0v) is 8.14. The number of hydrogen-bond acceptors (Lipinski definition) is 4. The van der Waals surface area contributed by atoms with Gasteiger partial charge >= 0.3 is 11.9 Å². The zero-order chi connectivity index (χ0) is 11.6. The van der Waals surface area contributed by atoms with Crippen LogP contribution < -0.4 is 5.73 Å². The van der Waals surface area contributed by atoms with Gasteiger partial charge in [0.15, 0.2) is 0 Å². The third-order valence-corrected chi connectivity index (χ3v) is 1.32. The minimum Gasteiger partial charge on any atom is -0.481 e. The van der Waals surface area contributed by atoms with E-state index in [2.05, 4.69) is 0 Å². The van der Waals surface area contributed by atoms with E-state index in [0.717, 1.165) is 0 Å². The molecule has 1 unspecified atom stereocenters. The highest BCUT2D eigenvalue weighted by Gasteiger charge is 2.05. The topological polar surface area (TPSA) is 121 Å². The van der Waals surface area contributed by atoms with Gasteiger partial charge < -0.3 is 21.1 Å². The molecule has 5 N–H and O–H groups in total. The monoisotopic (exact) mass is 207 g/mol. The molecule has 14 heavy (non-hydrogen) atoms. The second-order valence-corrected chi connectivity index (χ2v) is 2.70. The molecule has 6 heteroatoms. The summed E-state index contributed by atoms with van der Waals surface area (Å²) in [6.45, 7) is 1.75. The Kier molecular flexibility index (Phi) is 10.9. The van der Waals surface area contributed by atoms with E-state index in [9.17, 15) is 9.59 Å². The van der Waals surface area contributed by atoms with Crippen molar-refractivity contribution in [1.29, 1.82) is 0 Å². The minimum absolute atomic E-state index is 0.0354. The van der Waals surface area contributed by atoms with Crippen LogP contribution in [0.25, 0.3) is 0 Å². The molecule has 1 atom stereocenters. The Morgan fingerprint density at radius 3 is 1.93 bits per heavy atom. The number of aliphatic hydroxyl groups excluding tert-OH is 1. The lowest BCUT2D eigenvalue weighted by atomic mass is 10.2. The maximum absolute atomic E-state index is 9.85. The molecule has 0 bridgehead atoms. The molecule has 0 rings (SSSR count). The number of aliphatic hydroxyl groups is 1. The Labute approximate surface area is 82.3 Å². The average Bonchev–Trinajstić information content (AvgIpc) is 2.14. The highest BCUT2D eigenvalue weighted by Crippen LogP contribution is 1.87. The molecular weight excluding hydrogens is 190 g/mol. The Morgan fingerprint density at radius 1 is 1.36 bits per heavy atom. The molecule has 6 nitrogen and oxygen atoms in total. The summed E-state index contributed by atoms with van der Waals surface area (Å²) in [4.78, 5) is 19.5. The lowest BCUT2D eigenvalue weighted by Crippen LogP contribution is -2.19. The fourth-order valence-electron chi connectivity index (χ4n) is 0.331. The van der Waals surface area contributed by atoms with Gasteiger partial charge in [-0.1, -0.05) is 6.92 Å². The van der Waals surface area contributed by atoms with Gasteiger partial charge in [0.05, 0.1) is 5.92 Å². The number of carboxylic acids is 2. The Balaban J connectivity index is 0. The summed E-state index contributed by atoms with van der Waals surface area (Å²) < 4.78 is 0. The summed E-state index contributed by atoms with van der Waals surface area (Å²) in [5, 5.41) is 24.1. The molecule has 0 aliphatic rings. The first-order valence-electron chi connectivity index (χ1n) is 4.21. The van der Waals surface area contributed by atoms with Crippen molar-refractivity contribution in [2.75, 3.05) is 13.2 Å². The summed E-state index contributed by atoms with van der Waals surface area (Å²) in [7, 11) is 0. The number of hydrogen-bond donors (Lipinski definition) is 4. The molecule has 0 saturated carbocycles. The lowest BCUT2D eigenvalue weighted by molar-refractivity contribution is -0.141. The Morgan fingerprint density at radius 2 is 1.86 bits per heavy atom. The third-order valence-electron chi connectivity index (χ3n) is 1.32. The van der Waals surface area contributed by atoms with Crippen LogP contribution in [0.5, 0.6) is 0 Å². The molecule has 0 aromatic heterocycles. The van der Waals surface area contributed by atoms with Crippen LogP contribution in [0, 0.1) is 5.92 Å². The summed E-state index contributed by atoms with van der Waals surface area (Å²) in [5.41, 5.74) is 4.99. The summed E-state index contributed by atoms with van der Waals surface area (Å²) in [6.07, 6.45) is 0.422. The van der Waals surface area contributed by atoms with Crippen molar-refractivity contribution < 1.29 is 24.9 Å². The Hall–Kier alpha value is -1.14. The maximum Gasteiger partial charge on any atom is 0.307 e. The molecule has 0 aromatic carbocycles. The molecule has 0 radical (unpaired) electrons. The van der Waals surface area contributed by atoms with Crippen molar-refractivity contribution >= 4 is 11.9 Å². The van der Waals surface area contributed by atoms with Crippen molar-refractivity contribution in [2.45, 2.75) is 19.8 Å². The molecule has 0 heterocycles. The third kappa shape index (κ3) is 13.4. The number of aliphatic carboxylic acids is 2. The van der Waals surface area contributed by atoms with E-state index in [4.69, 9.17) is 21.1 Å². The van der Waals surface area contributed by atoms with Gasteiger partial charge in [-0.25, -0.2) is 0 Å². The lowest BCUT2D eigenvalue weighted by Gasteiger charge is -1.96. The second-order valence-electron chi connectivity index (χ2n) is 2.70. The van der Waals surface area contributed by atoms with Gasteiger partial charge in [0.2, 0.25) is 0 Å². The highest BCUT2D eigenvalue weighted by molar-refractivity contribution is 5.69. The quantitative estimate of drug-likeness (QED) is 0.482. The van der Waals surface area contributed by atoms with E-state index < -0.39 is 17.9 Å². The first kappa shape index (κ1) is 15.3. The maximum atomic E-state index is 9.85. The molecule has 0 aliphatic heterocycles. The summed E-state index contributed by atoms with van der Waals surface area (Å²) in [6, 6.07) is 0. The van der Waals surface area contributed by atoms with Crippen molar-refractivity contribution in [1.82, 2.24) is 0 Å². The van der Waals surface area contributed by atoms with Crippen molar-refractivity contribution in [3.8, 4) is 0 Å². The molecule has 0 amide bonds. The standard InChI is InChI=1S/C4H9NO2.C4H8O3/c1-3(2-5)4(6)7;5-3-1-2-4(6)7/h3H,2,5H2,1H3,(H,6,7);5H,1-3H2,(H,6,7). The minimum atomic E-state index is -0.853. The molecule has 0 fully saturated rings. The number of nitrogens with two attached hydrogens (primary N) is 1. The molecule has 0 aromatic rings. The van der Waals surface area contributed by atoms with Crippen molar-refractivity contribution in [2.24, 2.45) is 11.7 Å². The van der Waals surface area contributed by atoms with Gasteiger partial charge in [-0.2, -0.15) is 0 Å². The molecule has 84 valence electrons. The first-order valence-corrected chi connectivity index (χ1v) is 4.21. The molecular formula is C8H17NO5. The smallest absolute Gasteiger partial charge is 0.307 e. The summed E-state index contributed by atoms with van der Waals surface area (Å²) in [5.74, 6) is -2.09. The van der Waals surface area contributed by atoms with E-state index in [1.807, 2.05) is 0 Å². The van der Waals surface area contributed by atoms with Gasteiger partial charge in [0.25, 0.3) is 0 Å². The van der Waals surface area contributed by atoms with Crippen molar-refractivity contribution in [3.63, 3.8) is 0 Å². The molecule has 0 spiro atoms. The van der Waals surface area contributed by atoms with E-state index in [0.29, 0.717) is 6.42 Å². The highest BCUT2D eigenvalue weighted by atomic mass is 16.4. The van der Waals surface area contributed by atoms with Gasteiger partial charge in [0, 0.05) is 19.6 Å². The largest absolute Gasteiger partial charge is 0.481 e. The predicted octanol–water partition coefficient (Wildman–Crippen LogP) is -0.491. The van der Waals surface area contributed by atoms with Crippen LogP contribution in [0.3, 0.4) is 0 Å². The van der Waals surface area contributed by atoms with Gasteiger partial charge in [0.1, 0.15) is 0 Å². The van der Waals surface area contributed by atoms with Gasteiger partial charge in [-0.3, -0.25) is 9.59 Å². The van der Waals surface area contributed by atoms with Crippen LogP contribution in [0.15, 0.2) is 0 Å². The van der Waals surface area contributed by atoms with E-state index in [-0.39, 0.29) is 19.6 Å². The second kappa shape index (κ2) is 9.94. The van der Waals surface area contributed by atoms with Crippen LogP contribution in [0.2, 0.25) is 0 Å². The van der Waals surface area contributed by atoms with Crippen LogP contribution in [0.1, 0.15) is 19.8 Å². The van der Waals surface area contributed by atoms with E-state index in [1.54, 1.807) is 6.92 Å². The number of carbonyl (C=O) groups is 2. The predicted molar refractivity (Wildman–Crippen MR) is 49.8 cm³/mol.